The first-order chi connectivity index (χ1) is 8.63. The molecule has 0 radical (unpaired) electrons. The first kappa shape index (κ1) is 12.2. The highest BCUT2D eigenvalue weighted by Crippen LogP contribution is 2.16. The number of furan rings is 1. The maximum atomic E-state index is 11.9. The van der Waals surface area contributed by atoms with E-state index in [9.17, 15) is 4.79 Å². The number of rotatable bonds is 4. The molecule has 0 saturated heterocycles. The largest absolute Gasteiger partial charge is 0.466 e. The first-order valence-electron chi connectivity index (χ1n) is 5.51. The minimum absolute atomic E-state index is 0.163. The van der Waals surface area contributed by atoms with Crippen LogP contribution in [0, 0.1) is 6.92 Å². The highest BCUT2D eigenvalue weighted by Gasteiger charge is 2.16. The Morgan fingerprint density at radius 2 is 2.39 bits per heavy atom. The van der Waals surface area contributed by atoms with Gasteiger partial charge in [-0.05, 0) is 13.0 Å². The van der Waals surface area contributed by atoms with E-state index in [0.29, 0.717) is 0 Å². The van der Waals surface area contributed by atoms with Gasteiger partial charge in [0.05, 0.1) is 7.11 Å². The average molecular weight is 250 g/mol. The van der Waals surface area contributed by atoms with Crippen LogP contribution in [0.3, 0.4) is 0 Å². The molecule has 7 heteroatoms. The van der Waals surface area contributed by atoms with Crippen LogP contribution in [0.15, 0.2) is 10.5 Å². The minimum Gasteiger partial charge on any atom is -0.466 e. The molecule has 18 heavy (non-hydrogen) atoms. The molecule has 2 N–H and O–H groups in total. The highest BCUT2D eigenvalue weighted by molar-refractivity contribution is 6.02. The van der Waals surface area contributed by atoms with Gasteiger partial charge in [0.2, 0.25) is 5.95 Å². The number of ether oxygens (including phenoxy) is 1. The molecule has 0 aromatic carbocycles. The standard InChI is InChI=1S/C11H14N4O3/c1-4-7-5-6(2)8(18-7)9(16)12-10-13-11(17-3)15-14-10/h5H,4H2,1-3H3,(H2,12,13,14,15,16). The molecule has 0 unspecified atom stereocenters. The van der Waals surface area contributed by atoms with Crippen molar-refractivity contribution in [1.29, 1.82) is 0 Å². The number of aromatic amines is 1. The van der Waals surface area contributed by atoms with E-state index in [-0.39, 0.29) is 23.6 Å². The number of nitrogens with one attached hydrogen (secondary N) is 2. The van der Waals surface area contributed by atoms with Gasteiger partial charge >= 0.3 is 6.01 Å². The Kier molecular flexibility index (Phi) is 3.31. The highest BCUT2D eigenvalue weighted by atomic mass is 16.5. The van der Waals surface area contributed by atoms with Gasteiger partial charge in [-0.2, -0.15) is 4.98 Å². The zero-order valence-electron chi connectivity index (χ0n) is 10.4. The number of carbonyl (C=O) groups is 1. The molecule has 2 rings (SSSR count). The van der Waals surface area contributed by atoms with Crippen molar-refractivity contribution in [3.8, 4) is 6.01 Å². The second-order valence-electron chi connectivity index (χ2n) is 3.70. The van der Waals surface area contributed by atoms with E-state index in [4.69, 9.17) is 9.15 Å². The van der Waals surface area contributed by atoms with Crippen molar-refractivity contribution in [3.63, 3.8) is 0 Å². The molecular weight excluding hydrogens is 236 g/mol. The van der Waals surface area contributed by atoms with Crippen LogP contribution in [0.4, 0.5) is 5.95 Å². The van der Waals surface area contributed by atoms with Crippen molar-refractivity contribution in [3.05, 3.63) is 23.2 Å². The smallest absolute Gasteiger partial charge is 0.336 e. The third kappa shape index (κ3) is 2.34. The third-order valence-electron chi connectivity index (χ3n) is 2.40. The van der Waals surface area contributed by atoms with Crippen LogP contribution in [0.2, 0.25) is 0 Å². The molecule has 7 nitrogen and oxygen atoms in total. The van der Waals surface area contributed by atoms with Crippen LogP contribution in [-0.2, 0) is 6.42 Å². The molecule has 96 valence electrons. The molecule has 0 aliphatic heterocycles. The summed E-state index contributed by atoms with van der Waals surface area (Å²) >= 11 is 0. The third-order valence-corrected chi connectivity index (χ3v) is 2.40. The predicted octanol–water partition coefficient (Wildman–Crippen LogP) is 1.53. The Morgan fingerprint density at radius 1 is 1.61 bits per heavy atom. The monoisotopic (exact) mass is 250 g/mol. The molecular formula is C11H14N4O3. The second kappa shape index (κ2) is 4.91. The van der Waals surface area contributed by atoms with Gasteiger partial charge in [0.1, 0.15) is 5.76 Å². The van der Waals surface area contributed by atoms with Gasteiger partial charge < -0.3 is 9.15 Å². The number of carbonyl (C=O) groups excluding carboxylic acids is 1. The summed E-state index contributed by atoms with van der Waals surface area (Å²) in [7, 11) is 1.44. The summed E-state index contributed by atoms with van der Waals surface area (Å²) in [5, 5.41) is 8.81. The van der Waals surface area contributed by atoms with Crippen molar-refractivity contribution in [1.82, 2.24) is 15.2 Å². The molecule has 0 atom stereocenters. The average Bonchev–Trinajstić information content (AvgIpc) is 2.95. The van der Waals surface area contributed by atoms with Gasteiger partial charge in [0.15, 0.2) is 5.76 Å². The number of hydrogen-bond acceptors (Lipinski definition) is 5. The van der Waals surface area contributed by atoms with Crippen LogP contribution in [0.5, 0.6) is 6.01 Å². The van der Waals surface area contributed by atoms with Crippen molar-refractivity contribution >= 4 is 11.9 Å². The number of anilines is 1. The maximum Gasteiger partial charge on any atom is 0.336 e. The summed E-state index contributed by atoms with van der Waals surface area (Å²) in [6, 6.07) is 2.01. The Balaban J connectivity index is 2.13. The number of aryl methyl sites for hydroxylation is 2. The molecule has 0 bridgehead atoms. The summed E-state index contributed by atoms with van der Waals surface area (Å²) in [4.78, 5) is 15.8. The molecule has 0 fully saturated rings. The molecule has 2 aromatic heterocycles. The summed E-state index contributed by atoms with van der Waals surface area (Å²) < 4.78 is 10.2. The van der Waals surface area contributed by atoms with Gasteiger partial charge in [-0.3, -0.25) is 10.1 Å². The fraction of sp³-hybridized carbons (Fsp3) is 0.364. The van der Waals surface area contributed by atoms with Crippen LogP contribution in [-0.4, -0.2) is 28.2 Å². The fourth-order valence-electron chi connectivity index (χ4n) is 1.51. The Morgan fingerprint density at radius 3 is 2.94 bits per heavy atom. The van der Waals surface area contributed by atoms with E-state index >= 15 is 0 Å². The summed E-state index contributed by atoms with van der Waals surface area (Å²) in [6.45, 7) is 3.78. The lowest BCUT2D eigenvalue weighted by molar-refractivity contribution is 0.0993. The Labute approximate surface area is 104 Å². The molecule has 2 aromatic rings. The van der Waals surface area contributed by atoms with Gasteiger partial charge in [-0.15, -0.1) is 5.10 Å². The number of aromatic nitrogens is 3. The van der Waals surface area contributed by atoms with E-state index in [0.717, 1.165) is 17.7 Å². The van der Waals surface area contributed by atoms with Gasteiger partial charge in [0.25, 0.3) is 5.91 Å². The van der Waals surface area contributed by atoms with Crippen molar-refractivity contribution < 1.29 is 13.9 Å². The molecule has 0 saturated carbocycles. The van der Waals surface area contributed by atoms with Crippen molar-refractivity contribution in [2.24, 2.45) is 0 Å². The summed E-state index contributed by atoms with van der Waals surface area (Å²) in [6.07, 6.45) is 0.740. The van der Waals surface area contributed by atoms with Crippen molar-refractivity contribution in [2.75, 3.05) is 12.4 Å². The lowest BCUT2D eigenvalue weighted by Gasteiger charge is -1.98. The number of nitrogens with zero attached hydrogens (tertiary/aromatic N) is 2. The van der Waals surface area contributed by atoms with Gasteiger partial charge in [0, 0.05) is 12.0 Å². The number of amides is 1. The van der Waals surface area contributed by atoms with Gasteiger partial charge in [-0.1, -0.05) is 6.92 Å². The molecule has 0 spiro atoms. The molecule has 2 heterocycles. The predicted molar refractivity (Wildman–Crippen MR) is 63.7 cm³/mol. The normalized spacial score (nSPS) is 10.4. The maximum absolute atomic E-state index is 11.9. The van der Waals surface area contributed by atoms with E-state index in [1.54, 1.807) is 0 Å². The Bertz CT molecular complexity index is 558. The van der Waals surface area contributed by atoms with Crippen LogP contribution in [0.1, 0.15) is 28.8 Å². The number of hydrogen-bond donors (Lipinski definition) is 2. The van der Waals surface area contributed by atoms with Crippen LogP contribution in [0.25, 0.3) is 0 Å². The van der Waals surface area contributed by atoms with E-state index < -0.39 is 0 Å². The number of methoxy groups -OCH3 is 1. The zero-order valence-corrected chi connectivity index (χ0v) is 10.4. The quantitative estimate of drug-likeness (QED) is 0.858. The topological polar surface area (TPSA) is 93.0 Å². The van der Waals surface area contributed by atoms with E-state index in [2.05, 4.69) is 20.5 Å². The second-order valence-corrected chi connectivity index (χ2v) is 3.70. The molecule has 1 amide bonds. The lowest BCUT2D eigenvalue weighted by Crippen LogP contribution is -2.13. The van der Waals surface area contributed by atoms with Crippen molar-refractivity contribution in [2.45, 2.75) is 20.3 Å². The fourth-order valence-corrected chi connectivity index (χ4v) is 1.51. The van der Waals surface area contributed by atoms with Gasteiger partial charge in [-0.25, -0.2) is 5.10 Å². The molecule has 0 aliphatic carbocycles. The zero-order chi connectivity index (χ0) is 13.1. The summed E-state index contributed by atoms with van der Waals surface area (Å²) in [5.41, 5.74) is 0.788. The first-order valence-corrected chi connectivity index (χ1v) is 5.51. The SMILES string of the molecule is CCc1cc(C)c(C(=O)Nc2nc(OC)n[nH]2)o1. The number of H-pyrrole nitrogens is 1. The van der Waals surface area contributed by atoms with E-state index in [1.807, 2.05) is 19.9 Å². The molecule has 0 aliphatic rings. The summed E-state index contributed by atoms with van der Waals surface area (Å²) in [5.74, 6) is 0.895. The Hall–Kier alpha value is -2.31. The van der Waals surface area contributed by atoms with Crippen LogP contribution < -0.4 is 10.1 Å². The van der Waals surface area contributed by atoms with Crippen LogP contribution >= 0.6 is 0 Å². The van der Waals surface area contributed by atoms with E-state index in [1.165, 1.54) is 7.11 Å². The lowest BCUT2D eigenvalue weighted by atomic mass is 10.2. The minimum atomic E-state index is -0.369.